The Morgan fingerprint density at radius 3 is 2.17 bits per heavy atom. The zero-order valence-corrected chi connectivity index (χ0v) is 6.68. The molecule has 1 N–H and O–H groups in total. The molecule has 2 aliphatic heterocycles. The number of nitrogens with one attached hydrogen (secondary N) is 1. The smallest absolute Gasteiger partial charge is 0.336 e. The number of carbonyl (C=O) groups is 3. The minimum Gasteiger partial charge on any atom is -0.336 e. The fourth-order valence-corrected chi connectivity index (χ4v) is 2.91. The van der Waals surface area contributed by atoms with Gasteiger partial charge in [0.25, 0.3) is 0 Å². The predicted octanol–water partition coefficient (Wildman–Crippen LogP) is -1.19. The maximum atomic E-state index is 10.7. The Labute approximate surface area is 68.9 Å². The summed E-state index contributed by atoms with van der Waals surface area (Å²) in [5, 5.41) is 2.44. The van der Waals surface area contributed by atoms with E-state index in [1.54, 1.807) is 0 Å². The van der Waals surface area contributed by atoms with E-state index in [9.17, 15) is 14.4 Å². The highest BCUT2D eigenvalue weighted by Crippen LogP contribution is 2.55. The van der Waals surface area contributed by atoms with Gasteiger partial charge in [-0.25, -0.2) is 9.59 Å². The largest absolute Gasteiger partial charge is 0.441 e. The first-order chi connectivity index (χ1) is 5.61. The standard InChI is InChI=1S/C5H5NO5S/c7-3-1-12(2-6-3)10-4(8)5(9)11-12/h1-2H2,(H,6,7). The molecule has 0 unspecified atom stereocenters. The summed E-state index contributed by atoms with van der Waals surface area (Å²) in [5.74, 6) is -2.15. The van der Waals surface area contributed by atoms with Gasteiger partial charge in [-0.2, -0.15) is 0 Å². The molecule has 2 aliphatic rings. The molecule has 0 aliphatic carbocycles. The Kier molecular flexibility index (Phi) is 1.31. The van der Waals surface area contributed by atoms with Crippen LogP contribution in [-0.2, 0) is 22.7 Å². The summed E-state index contributed by atoms with van der Waals surface area (Å²) in [6.45, 7) is 0. The second-order valence-electron chi connectivity index (χ2n) is 2.37. The Bertz CT molecular complexity index is 272. The van der Waals surface area contributed by atoms with Crippen LogP contribution >= 0.6 is 10.6 Å². The molecular weight excluding hydrogens is 186 g/mol. The van der Waals surface area contributed by atoms with Gasteiger partial charge in [0.05, 0.1) is 0 Å². The maximum Gasteiger partial charge on any atom is 0.441 e. The second kappa shape index (κ2) is 2.13. The van der Waals surface area contributed by atoms with E-state index >= 15 is 0 Å². The van der Waals surface area contributed by atoms with E-state index in [4.69, 9.17) is 0 Å². The lowest BCUT2D eigenvalue weighted by Gasteiger charge is -2.26. The molecule has 0 aromatic carbocycles. The van der Waals surface area contributed by atoms with Gasteiger partial charge in [-0.3, -0.25) is 4.79 Å². The lowest BCUT2D eigenvalue weighted by atomic mass is 10.7. The fourth-order valence-electron chi connectivity index (χ4n) is 0.971. The van der Waals surface area contributed by atoms with Crippen LogP contribution in [0, 0.1) is 0 Å². The third-order valence-electron chi connectivity index (χ3n) is 1.46. The monoisotopic (exact) mass is 191 g/mol. The number of hydrogen-bond acceptors (Lipinski definition) is 5. The zero-order chi connectivity index (χ0) is 8.77. The summed E-state index contributed by atoms with van der Waals surface area (Å²) in [7, 11) is -2.23. The average molecular weight is 191 g/mol. The van der Waals surface area contributed by atoms with E-state index in [2.05, 4.69) is 13.7 Å². The first-order valence-corrected chi connectivity index (χ1v) is 4.96. The highest BCUT2D eigenvalue weighted by molar-refractivity contribution is 8.27. The summed E-state index contributed by atoms with van der Waals surface area (Å²) in [6.07, 6.45) is 0. The van der Waals surface area contributed by atoms with Crippen molar-refractivity contribution in [1.82, 2.24) is 5.32 Å². The van der Waals surface area contributed by atoms with E-state index < -0.39 is 22.5 Å². The highest BCUT2D eigenvalue weighted by Gasteiger charge is 2.46. The van der Waals surface area contributed by atoms with Crippen molar-refractivity contribution in [1.29, 1.82) is 0 Å². The van der Waals surface area contributed by atoms with Gasteiger partial charge in [-0.05, 0) is 0 Å². The van der Waals surface area contributed by atoms with Crippen molar-refractivity contribution in [2.45, 2.75) is 0 Å². The molecule has 1 amide bonds. The molecule has 6 nitrogen and oxygen atoms in total. The van der Waals surface area contributed by atoms with E-state index in [1.165, 1.54) is 0 Å². The van der Waals surface area contributed by atoms with Crippen molar-refractivity contribution in [3.05, 3.63) is 0 Å². The van der Waals surface area contributed by atoms with Crippen LogP contribution in [0.25, 0.3) is 0 Å². The topological polar surface area (TPSA) is 81.7 Å². The predicted molar refractivity (Wildman–Crippen MR) is 37.7 cm³/mol. The van der Waals surface area contributed by atoms with Crippen LogP contribution in [-0.4, -0.2) is 29.5 Å². The van der Waals surface area contributed by atoms with Crippen molar-refractivity contribution in [2.24, 2.45) is 0 Å². The van der Waals surface area contributed by atoms with Gasteiger partial charge >= 0.3 is 11.9 Å². The van der Waals surface area contributed by atoms with Gasteiger partial charge in [0, 0.05) is 0 Å². The third-order valence-corrected chi connectivity index (χ3v) is 3.66. The highest BCUT2D eigenvalue weighted by atomic mass is 32.3. The summed E-state index contributed by atoms with van der Waals surface area (Å²) in [5.41, 5.74) is 0. The molecule has 66 valence electrons. The normalized spacial score (nSPS) is 28.2. The van der Waals surface area contributed by atoms with E-state index in [0.717, 1.165) is 0 Å². The number of rotatable bonds is 0. The molecule has 2 rings (SSSR count). The molecule has 2 saturated heterocycles. The van der Waals surface area contributed by atoms with Crippen LogP contribution in [0.4, 0.5) is 0 Å². The number of hydrogen-bond donors (Lipinski definition) is 1. The Morgan fingerprint density at radius 1 is 1.17 bits per heavy atom. The lowest BCUT2D eigenvalue weighted by molar-refractivity contribution is -0.150. The lowest BCUT2D eigenvalue weighted by Crippen LogP contribution is -2.14. The van der Waals surface area contributed by atoms with Crippen LogP contribution in [0.3, 0.4) is 0 Å². The average Bonchev–Trinajstić information content (AvgIpc) is 2.42. The summed E-state index contributed by atoms with van der Waals surface area (Å²) >= 11 is 0. The molecule has 12 heavy (non-hydrogen) atoms. The summed E-state index contributed by atoms with van der Waals surface area (Å²) in [4.78, 5) is 32.0. The van der Waals surface area contributed by atoms with Gasteiger partial charge in [0.1, 0.15) is 11.6 Å². The second-order valence-corrected chi connectivity index (χ2v) is 4.77. The third kappa shape index (κ3) is 0.934. The summed E-state index contributed by atoms with van der Waals surface area (Å²) < 4.78 is 9.36. The molecule has 1 spiro atoms. The molecule has 0 radical (unpaired) electrons. The van der Waals surface area contributed by atoms with Gasteiger partial charge in [-0.15, -0.1) is 0 Å². The van der Waals surface area contributed by atoms with Gasteiger partial charge in [0.2, 0.25) is 5.91 Å². The Hall–Kier alpha value is -1.24. The zero-order valence-electron chi connectivity index (χ0n) is 5.86. The number of carbonyl (C=O) groups excluding carboxylic acids is 3. The van der Waals surface area contributed by atoms with Crippen LogP contribution in [0.1, 0.15) is 0 Å². The van der Waals surface area contributed by atoms with Crippen molar-refractivity contribution in [3.8, 4) is 0 Å². The minimum absolute atomic E-state index is 0.0233. The van der Waals surface area contributed by atoms with Crippen LogP contribution < -0.4 is 5.32 Å². The first kappa shape index (κ1) is 7.41. The van der Waals surface area contributed by atoms with E-state index in [-0.39, 0.29) is 17.5 Å². The number of amides is 1. The first-order valence-electron chi connectivity index (χ1n) is 3.14. The SMILES string of the molecule is O=C1CS2(CN1)OC(=O)C(=O)O2. The summed E-state index contributed by atoms with van der Waals surface area (Å²) in [6, 6.07) is 0. The molecule has 0 atom stereocenters. The molecule has 2 fully saturated rings. The Balaban J connectivity index is 2.21. The van der Waals surface area contributed by atoms with Gasteiger partial charge in [0.15, 0.2) is 0 Å². The minimum atomic E-state index is -2.23. The van der Waals surface area contributed by atoms with Crippen LogP contribution in [0.5, 0.6) is 0 Å². The van der Waals surface area contributed by atoms with Crippen molar-refractivity contribution in [2.75, 3.05) is 11.6 Å². The Morgan fingerprint density at radius 2 is 1.75 bits per heavy atom. The molecule has 0 bridgehead atoms. The van der Waals surface area contributed by atoms with Crippen LogP contribution in [0.2, 0.25) is 0 Å². The molecule has 0 aromatic rings. The van der Waals surface area contributed by atoms with Crippen molar-refractivity contribution in [3.63, 3.8) is 0 Å². The molecule has 0 saturated carbocycles. The molecule has 7 heteroatoms. The van der Waals surface area contributed by atoms with E-state index in [1.807, 2.05) is 0 Å². The van der Waals surface area contributed by atoms with Crippen molar-refractivity contribution >= 4 is 28.4 Å². The maximum absolute atomic E-state index is 10.7. The molecule has 2 heterocycles. The van der Waals surface area contributed by atoms with Gasteiger partial charge < -0.3 is 13.7 Å². The van der Waals surface area contributed by atoms with E-state index in [0.29, 0.717) is 0 Å². The van der Waals surface area contributed by atoms with Gasteiger partial charge in [-0.1, -0.05) is 10.6 Å². The van der Waals surface area contributed by atoms with Crippen molar-refractivity contribution < 1.29 is 22.7 Å². The molecule has 0 aromatic heterocycles. The molecular formula is C5H5NO5S. The quantitative estimate of drug-likeness (QED) is 0.487. The fraction of sp³-hybridized carbons (Fsp3) is 0.400. The van der Waals surface area contributed by atoms with Crippen LogP contribution in [0.15, 0.2) is 0 Å².